The monoisotopic (exact) mass is 712 g/mol. The predicted molar refractivity (Wildman–Crippen MR) is 202 cm³/mol. The molecule has 1 aromatic heterocycles. The Bertz CT molecular complexity index is 2140. The molecule has 4 aliphatic rings. The molecule has 2 N–H and O–H groups in total. The number of hydrogen-bond acceptors (Lipinski definition) is 6. The Morgan fingerprint density at radius 3 is 2.13 bits per heavy atom. The molecule has 10 heteroatoms. The Morgan fingerprint density at radius 2 is 1.54 bits per heavy atom. The van der Waals surface area contributed by atoms with Crippen LogP contribution in [0.5, 0.6) is 5.88 Å². The van der Waals surface area contributed by atoms with Crippen LogP contribution in [0.25, 0.3) is 0 Å². The van der Waals surface area contributed by atoms with Crippen molar-refractivity contribution in [2.45, 2.75) is 74.4 Å². The van der Waals surface area contributed by atoms with Gasteiger partial charge in [-0.3, -0.25) is 4.90 Å². The molecule has 2 amide bonds. The van der Waals surface area contributed by atoms with Crippen LogP contribution < -0.4 is 10.1 Å². The van der Waals surface area contributed by atoms with Crippen molar-refractivity contribution in [1.29, 1.82) is 4.78 Å². The number of amides is 2. The fourth-order valence-corrected chi connectivity index (χ4v) is 10.8. The van der Waals surface area contributed by atoms with Crippen molar-refractivity contribution in [2.24, 2.45) is 0 Å². The molecule has 0 saturated carbocycles. The van der Waals surface area contributed by atoms with E-state index in [9.17, 15) is 4.78 Å². The highest BCUT2D eigenvalue weighted by Crippen LogP contribution is 2.49. The molecule has 9 rings (SSSR count). The Kier molecular flexibility index (Phi) is 8.19. The summed E-state index contributed by atoms with van der Waals surface area (Å²) in [6, 6.07) is 31.0. The third kappa shape index (κ3) is 5.17. The first-order valence-electron chi connectivity index (χ1n) is 18.5. The fourth-order valence-electron chi connectivity index (χ4n) is 9.04. The minimum atomic E-state index is -4.19. The maximum Gasteiger partial charge on any atom is 0.336 e. The topological polar surface area (TPSA) is 104 Å². The molecule has 0 radical (unpaired) electrons. The number of rotatable bonds is 8. The molecule has 1 saturated heterocycles. The number of benzene rings is 4. The van der Waals surface area contributed by atoms with E-state index in [1.165, 1.54) is 27.2 Å². The van der Waals surface area contributed by atoms with E-state index in [-0.39, 0.29) is 22.7 Å². The van der Waals surface area contributed by atoms with Crippen LogP contribution in [0.3, 0.4) is 0 Å². The van der Waals surface area contributed by atoms with Gasteiger partial charge in [-0.1, -0.05) is 104 Å². The molecular formula is C42H44N6O3S. The van der Waals surface area contributed by atoms with E-state index >= 15 is 9.00 Å². The summed E-state index contributed by atoms with van der Waals surface area (Å²) < 4.78 is 35.6. The second-order valence-corrected chi connectivity index (χ2v) is 16.5. The number of urea groups is 1. The third-order valence-electron chi connectivity index (χ3n) is 11.7. The molecule has 1 fully saturated rings. The molecule has 3 atom stereocenters. The minimum Gasteiger partial charge on any atom is -0.475 e. The smallest absolute Gasteiger partial charge is 0.336 e. The number of ether oxygens (including phenoxy) is 1. The van der Waals surface area contributed by atoms with Crippen molar-refractivity contribution in [3.8, 4) is 5.88 Å². The average molecular weight is 713 g/mol. The van der Waals surface area contributed by atoms with E-state index in [0.29, 0.717) is 29.8 Å². The first-order valence-corrected chi connectivity index (χ1v) is 20.1. The molecule has 4 aromatic carbocycles. The fraction of sp³-hybridized carbons (Fsp3) is 0.333. The largest absolute Gasteiger partial charge is 0.475 e. The zero-order valence-electron chi connectivity index (χ0n) is 29.5. The summed E-state index contributed by atoms with van der Waals surface area (Å²) in [4.78, 5) is 18.2. The van der Waals surface area contributed by atoms with E-state index in [0.717, 1.165) is 62.9 Å². The number of aryl methyl sites for hydroxylation is 2. The molecule has 2 aliphatic carbocycles. The zero-order valence-corrected chi connectivity index (χ0v) is 30.3. The van der Waals surface area contributed by atoms with E-state index in [4.69, 9.17) is 4.74 Å². The third-order valence-corrected chi connectivity index (χ3v) is 13.5. The van der Waals surface area contributed by atoms with Gasteiger partial charge in [0.1, 0.15) is 17.0 Å². The van der Waals surface area contributed by atoms with E-state index in [1.807, 2.05) is 91.0 Å². The molecule has 2 unspecified atom stereocenters. The molecule has 0 spiro atoms. The number of anilines is 1. The number of nitrogens with zero attached hydrogens (tertiary/aromatic N) is 4. The Morgan fingerprint density at radius 1 is 0.904 bits per heavy atom. The van der Waals surface area contributed by atoms with Crippen molar-refractivity contribution < 1.29 is 13.7 Å². The lowest BCUT2D eigenvalue weighted by atomic mass is 9.77. The highest BCUT2D eigenvalue weighted by molar-refractivity contribution is 7.90. The molecule has 0 bridgehead atoms. The molecule has 266 valence electrons. The summed E-state index contributed by atoms with van der Waals surface area (Å²) in [5.74, 6) is 0.551. The van der Waals surface area contributed by atoms with Gasteiger partial charge in [0, 0.05) is 5.69 Å². The highest BCUT2D eigenvalue weighted by Gasteiger charge is 2.52. The summed E-state index contributed by atoms with van der Waals surface area (Å²) in [6.07, 6.45) is 7.48. The Hall–Kier alpha value is -4.93. The number of carbonyl (C=O) groups is 1. The van der Waals surface area contributed by atoms with Gasteiger partial charge in [-0.2, -0.15) is 5.10 Å². The van der Waals surface area contributed by atoms with Crippen molar-refractivity contribution in [3.63, 3.8) is 0 Å². The molecule has 2 aliphatic heterocycles. The lowest BCUT2D eigenvalue weighted by Gasteiger charge is -2.45. The van der Waals surface area contributed by atoms with Gasteiger partial charge in [-0.25, -0.2) is 22.8 Å². The summed E-state index contributed by atoms with van der Waals surface area (Å²) in [5.41, 5.74) is 6.33. The number of aromatic nitrogens is 2. The van der Waals surface area contributed by atoms with Crippen LogP contribution in [0.15, 0.2) is 108 Å². The van der Waals surface area contributed by atoms with Crippen molar-refractivity contribution in [1.82, 2.24) is 19.0 Å². The van der Waals surface area contributed by atoms with Gasteiger partial charge < -0.3 is 10.1 Å². The summed E-state index contributed by atoms with van der Waals surface area (Å²) in [5, 5.41) is 8.04. The highest BCUT2D eigenvalue weighted by atomic mass is 32.2. The van der Waals surface area contributed by atoms with Crippen LogP contribution in [0, 0.1) is 4.78 Å². The lowest BCUT2D eigenvalue weighted by Crippen LogP contribution is -2.55. The zero-order chi connectivity index (χ0) is 35.5. The van der Waals surface area contributed by atoms with Crippen LogP contribution in [-0.4, -0.2) is 55.0 Å². The van der Waals surface area contributed by atoms with Gasteiger partial charge >= 0.3 is 6.03 Å². The van der Waals surface area contributed by atoms with Crippen molar-refractivity contribution in [2.75, 3.05) is 25.0 Å². The van der Waals surface area contributed by atoms with Gasteiger partial charge in [0.05, 0.1) is 18.8 Å². The molecule has 9 nitrogen and oxygen atoms in total. The maximum atomic E-state index is 16.0. The van der Waals surface area contributed by atoms with Gasteiger partial charge in [0.25, 0.3) is 0 Å². The van der Waals surface area contributed by atoms with Gasteiger partial charge in [0.15, 0.2) is 9.92 Å². The quantitative estimate of drug-likeness (QED) is 0.160. The maximum absolute atomic E-state index is 16.0. The Balaban J connectivity index is 1.28. The first-order chi connectivity index (χ1) is 25.4. The van der Waals surface area contributed by atoms with Crippen LogP contribution in [0.2, 0.25) is 0 Å². The second-order valence-electron chi connectivity index (χ2n) is 14.7. The number of nitrogens with one attached hydrogen (secondary N) is 2. The minimum absolute atomic E-state index is 0.0914. The van der Waals surface area contributed by atoms with Crippen LogP contribution in [-0.2, 0) is 41.3 Å². The van der Waals surface area contributed by atoms with E-state index in [1.54, 1.807) is 4.68 Å². The van der Waals surface area contributed by atoms with Crippen molar-refractivity contribution in [3.05, 3.63) is 142 Å². The molecule has 52 heavy (non-hydrogen) atoms. The summed E-state index contributed by atoms with van der Waals surface area (Å²) in [6.45, 7) is 5.22. The number of fused-ring (bicyclic) bond motifs is 3. The van der Waals surface area contributed by atoms with Crippen LogP contribution in [0.1, 0.15) is 71.0 Å². The number of carbonyl (C=O) groups excluding carboxylic acids is 1. The molecule has 3 heterocycles. The van der Waals surface area contributed by atoms with E-state index < -0.39 is 21.5 Å². The van der Waals surface area contributed by atoms with Crippen molar-refractivity contribution >= 4 is 21.6 Å². The molecular weight excluding hydrogens is 669 g/mol. The predicted octanol–water partition coefficient (Wildman–Crippen LogP) is 7.74. The van der Waals surface area contributed by atoms with Crippen LogP contribution in [0.4, 0.5) is 10.5 Å². The Labute approximate surface area is 305 Å². The lowest BCUT2D eigenvalue weighted by molar-refractivity contribution is 0.0417. The SMILES string of the molecule is CC1CCc2cc3c(c(NC(=O)N(C(c4ccccc4)(c4ccccc4)c4ccccc4)S(=N)(=O)c4cnn5c4OC[C@@H](N4CCC4)C5)c21)CCC3. The average Bonchev–Trinajstić information content (AvgIpc) is 3.89. The normalized spacial score (nSPS) is 20.5. The molecule has 5 aromatic rings. The second kappa shape index (κ2) is 12.9. The first kappa shape index (κ1) is 32.9. The number of hydrogen-bond donors (Lipinski definition) is 2. The van der Waals surface area contributed by atoms with Crippen LogP contribution >= 0.6 is 0 Å². The van der Waals surface area contributed by atoms with Gasteiger partial charge in [-0.05, 0) is 96.5 Å². The summed E-state index contributed by atoms with van der Waals surface area (Å²) >= 11 is 0. The van der Waals surface area contributed by atoms with Gasteiger partial charge in [-0.15, -0.1) is 0 Å². The number of likely N-dealkylation sites (tertiary alicyclic amines) is 1. The van der Waals surface area contributed by atoms with Gasteiger partial charge in [0.2, 0.25) is 5.88 Å². The summed E-state index contributed by atoms with van der Waals surface area (Å²) in [7, 11) is -4.19. The standard InChI is InChI=1S/C42H44N6O3S/c1-29-21-22-31-25-30-13-11-20-36(30)39(38(29)31)45-41(49)48(52(43,50)37-26-44-47-27-35(28-51-40(37)47)46-23-12-24-46)42(32-14-5-2-6-15-32,33-16-7-3-8-17-33)34-18-9-4-10-19-34/h2-10,14-19,25-26,29,35,43H,11-13,20-24,27-28H2,1H3,(H,45,49)/t29?,35-,52?/m0/s1. The van der Waals surface area contributed by atoms with E-state index in [2.05, 4.69) is 28.3 Å².